The van der Waals surface area contributed by atoms with Gasteiger partial charge in [0.1, 0.15) is 0 Å². The molecule has 0 fully saturated rings. The molecule has 1 amide bonds. The molecular weight excluding hydrogens is 486 g/mol. The van der Waals surface area contributed by atoms with Crippen molar-refractivity contribution >= 4 is 50.3 Å². The lowest BCUT2D eigenvalue weighted by Crippen LogP contribution is -2.38. The number of ether oxygens (including phenoxy) is 3. The summed E-state index contributed by atoms with van der Waals surface area (Å²) in [4.78, 5) is 22.2. The molecule has 0 atom stereocenters. The van der Waals surface area contributed by atoms with Gasteiger partial charge in [-0.15, -0.1) is 0 Å². The zero-order valence-electron chi connectivity index (χ0n) is 21.1. The third kappa shape index (κ3) is 6.07. The first-order chi connectivity index (χ1) is 16.9. The zero-order chi connectivity index (χ0) is 25.5. The van der Waals surface area contributed by atoms with Gasteiger partial charge in [0.2, 0.25) is 5.75 Å². The molecule has 188 valence electrons. The highest BCUT2D eigenvalue weighted by molar-refractivity contribution is 7.23. The van der Waals surface area contributed by atoms with E-state index in [9.17, 15) is 4.79 Å². The fraction of sp³-hybridized carbons (Fsp3) is 0.385. The molecule has 2 aromatic carbocycles. The van der Waals surface area contributed by atoms with Gasteiger partial charge in [0.25, 0.3) is 5.91 Å². The van der Waals surface area contributed by atoms with E-state index in [-0.39, 0.29) is 5.91 Å². The maximum Gasteiger partial charge on any atom is 0.252 e. The molecule has 0 aliphatic carbocycles. The van der Waals surface area contributed by atoms with Crippen LogP contribution in [0.1, 0.15) is 25.0 Å². The number of hydrogen-bond donors (Lipinski definition) is 0. The van der Waals surface area contributed by atoms with E-state index in [4.69, 9.17) is 30.8 Å². The Kier molecular flexibility index (Phi) is 9.37. The van der Waals surface area contributed by atoms with Crippen LogP contribution in [0.4, 0.5) is 5.13 Å². The highest BCUT2D eigenvalue weighted by Crippen LogP contribution is 2.39. The average molecular weight is 518 g/mol. The van der Waals surface area contributed by atoms with Crippen LogP contribution in [0.2, 0.25) is 5.02 Å². The van der Waals surface area contributed by atoms with E-state index in [0.29, 0.717) is 33.9 Å². The number of rotatable bonds is 11. The molecule has 3 aromatic rings. The van der Waals surface area contributed by atoms with E-state index < -0.39 is 0 Å². The fourth-order valence-corrected chi connectivity index (χ4v) is 5.09. The van der Waals surface area contributed by atoms with Crippen LogP contribution in [-0.2, 0) is 4.79 Å². The van der Waals surface area contributed by atoms with E-state index in [0.717, 1.165) is 41.0 Å². The zero-order valence-corrected chi connectivity index (χ0v) is 22.6. The first-order valence-corrected chi connectivity index (χ1v) is 12.6. The molecule has 0 N–H and O–H groups in total. The number of hydrogen-bond acceptors (Lipinski definition) is 7. The van der Waals surface area contributed by atoms with E-state index >= 15 is 0 Å². The molecule has 0 spiro atoms. The van der Waals surface area contributed by atoms with Crippen molar-refractivity contribution < 1.29 is 19.0 Å². The number of anilines is 1. The summed E-state index contributed by atoms with van der Waals surface area (Å²) in [6, 6.07) is 7.41. The Labute approximate surface area is 215 Å². The number of thiazole rings is 1. The molecule has 0 saturated heterocycles. The van der Waals surface area contributed by atoms with Crippen LogP contribution in [0.15, 0.2) is 30.3 Å². The molecule has 1 aromatic heterocycles. The third-order valence-electron chi connectivity index (χ3n) is 5.82. The minimum absolute atomic E-state index is 0.168. The fourth-order valence-electron chi connectivity index (χ4n) is 3.74. The Morgan fingerprint density at radius 3 is 2.26 bits per heavy atom. The lowest BCUT2D eigenvalue weighted by Gasteiger charge is -2.23. The highest BCUT2D eigenvalue weighted by atomic mass is 35.5. The van der Waals surface area contributed by atoms with Crippen LogP contribution in [0, 0.1) is 6.92 Å². The van der Waals surface area contributed by atoms with Gasteiger partial charge in [-0.2, -0.15) is 0 Å². The summed E-state index contributed by atoms with van der Waals surface area (Å²) in [7, 11) is 4.68. The van der Waals surface area contributed by atoms with E-state index in [2.05, 4.69) is 18.7 Å². The predicted octanol–water partition coefficient (Wildman–Crippen LogP) is 5.67. The number of aryl methyl sites for hydroxylation is 1. The van der Waals surface area contributed by atoms with Crippen LogP contribution >= 0.6 is 22.9 Å². The number of carbonyl (C=O) groups is 1. The van der Waals surface area contributed by atoms with Gasteiger partial charge in [-0.1, -0.05) is 42.9 Å². The summed E-state index contributed by atoms with van der Waals surface area (Å²) >= 11 is 7.87. The van der Waals surface area contributed by atoms with Crippen molar-refractivity contribution in [1.29, 1.82) is 0 Å². The third-order valence-corrected chi connectivity index (χ3v) is 7.36. The molecule has 0 aliphatic rings. The number of fused-ring (bicyclic) bond motifs is 1. The van der Waals surface area contributed by atoms with Gasteiger partial charge < -0.3 is 19.1 Å². The first-order valence-electron chi connectivity index (χ1n) is 11.4. The summed E-state index contributed by atoms with van der Waals surface area (Å²) < 4.78 is 17.1. The molecule has 7 nitrogen and oxygen atoms in total. The Morgan fingerprint density at radius 1 is 1.06 bits per heavy atom. The van der Waals surface area contributed by atoms with Crippen molar-refractivity contribution in [3.63, 3.8) is 0 Å². The average Bonchev–Trinajstić information content (AvgIpc) is 3.33. The van der Waals surface area contributed by atoms with Crippen molar-refractivity contribution in [3.8, 4) is 17.2 Å². The smallest absolute Gasteiger partial charge is 0.252 e. The number of halogens is 1. The number of carbonyl (C=O) groups excluding carboxylic acids is 1. The monoisotopic (exact) mass is 517 g/mol. The molecule has 9 heteroatoms. The second kappa shape index (κ2) is 12.2. The second-order valence-corrected chi connectivity index (χ2v) is 9.23. The second-order valence-electron chi connectivity index (χ2n) is 7.85. The van der Waals surface area contributed by atoms with Crippen molar-refractivity contribution in [3.05, 3.63) is 46.5 Å². The number of amides is 1. The lowest BCUT2D eigenvalue weighted by atomic mass is 10.1. The molecule has 0 saturated carbocycles. The van der Waals surface area contributed by atoms with E-state index in [1.54, 1.807) is 50.5 Å². The standard InChI is InChI=1S/C26H32ClN3O4S/c1-7-29(8-2)13-14-30(26-28-23-17(3)9-11-19(27)25(23)35-26)22(31)12-10-18-15-20(32-4)24(34-6)21(16-18)33-5/h9-12,15-16H,7-8,13-14H2,1-6H3/b12-10+. The molecule has 3 rings (SSSR count). The van der Waals surface area contributed by atoms with Gasteiger partial charge >= 0.3 is 0 Å². The molecule has 0 unspecified atom stereocenters. The molecular formula is C26H32ClN3O4S. The molecule has 0 radical (unpaired) electrons. The molecule has 0 aliphatic heterocycles. The van der Waals surface area contributed by atoms with E-state index in [1.165, 1.54) is 11.3 Å². The van der Waals surface area contributed by atoms with Crippen LogP contribution in [0.25, 0.3) is 16.3 Å². The Hall–Kier alpha value is -2.81. The van der Waals surface area contributed by atoms with Gasteiger partial charge in [-0.3, -0.25) is 9.69 Å². The number of methoxy groups -OCH3 is 3. The van der Waals surface area contributed by atoms with Crippen LogP contribution in [-0.4, -0.2) is 63.3 Å². The SMILES string of the molecule is CCN(CC)CCN(C(=O)/C=C/c1cc(OC)c(OC)c(OC)c1)c1nc2c(C)ccc(Cl)c2s1. The van der Waals surface area contributed by atoms with Crippen molar-refractivity contribution in [1.82, 2.24) is 9.88 Å². The highest BCUT2D eigenvalue weighted by Gasteiger charge is 2.21. The number of nitrogens with zero attached hydrogens (tertiary/aromatic N) is 3. The van der Waals surface area contributed by atoms with Gasteiger partial charge in [-0.25, -0.2) is 4.98 Å². The van der Waals surface area contributed by atoms with E-state index in [1.807, 2.05) is 19.1 Å². The first kappa shape index (κ1) is 26.8. The molecule has 0 bridgehead atoms. The molecule has 1 heterocycles. The normalized spacial score (nSPS) is 11.4. The van der Waals surface area contributed by atoms with Crippen LogP contribution in [0.5, 0.6) is 17.2 Å². The predicted molar refractivity (Wildman–Crippen MR) is 145 cm³/mol. The number of likely N-dealkylation sites (N-methyl/N-ethyl adjacent to an activating group) is 1. The van der Waals surface area contributed by atoms with Crippen molar-refractivity contribution in [2.24, 2.45) is 0 Å². The summed E-state index contributed by atoms with van der Waals surface area (Å²) in [5.74, 6) is 1.38. The summed E-state index contributed by atoms with van der Waals surface area (Å²) in [5, 5.41) is 1.27. The minimum Gasteiger partial charge on any atom is -0.493 e. The Bertz CT molecular complexity index is 1140. The number of benzene rings is 2. The summed E-state index contributed by atoms with van der Waals surface area (Å²) in [5.41, 5.74) is 2.60. The largest absolute Gasteiger partial charge is 0.493 e. The number of aromatic nitrogens is 1. The Balaban J connectivity index is 1.96. The minimum atomic E-state index is -0.168. The summed E-state index contributed by atoms with van der Waals surface area (Å²) in [6.45, 7) is 9.28. The van der Waals surface area contributed by atoms with Crippen molar-refractivity contribution in [2.45, 2.75) is 20.8 Å². The van der Waals surface area contributed by atoms with Crippen LogP contribution < -0.4 is 19.1 Å². The maximum absolute atomic E-state index is 13.5. The van der Waals surface area contributed by atoms with Crippen LogP contribution in [0.3, 0.4) is 0 Å². The quantitative estimate of drug-likeness (QED) is 0.305. The Morgan fingerprint density at radius 2 is 1.71 bits per heavy atom. The van der Waals surface area contributed by atoms with Gasteiger partial charge in [-0.05, 0) is 55.4 Å². The van der Waals surface area contributed by atoms with Crippen molar-refractivity contribution in [2.75, 3.05) is 52.4 Å². The molecule has 35 heavy (non-hydrogen) atoms. The maximum atomic E-state index is 13.5. The van der Waals surface area contributed by atoms with Gasteiger partial charge in [0.05, 0.1) is 36.6 Å². The van der Waals surface area contributed by atoms with Gasteiger partial charge in [0.15, 0.2) is 16.6 Å². The summed E-state index contributed by atoms with van der Waals surface area (Å²) in [6.07, 6.45) is 3.28. The lowest BCUT2D eigenvalue weighted by molar-refractivity contribution is -0.114. The topological polar surface area (TPSA) is 64.1 Å². The van der Waals surface area contributed by atoms with Gasteiger partial charge in [0, 0.05) is 19.2 Å².